The lowest BCUT2D eigenvalue weighted by Gasteiger charge is -2.11. The topological polar surface area (TPSA) is 63.3 Å². The highest BCUT2D eigenvalue weighted by Crippen LogP contribution is 2.18. The Bertz CT molecular complexity index is 653. The zero-order valence-corrected chi connectivity index (χ0v) is 13.1. The fourth-order valence-electron chi connectivity index (χ4n) is 2.82. The van der Waals surface area contributed by atoms with Gasteiger partial charge in [-0.3, -0.25) is 14.4 Å². The number of hydrogen-bond acceptors (Lipinski definition) is 4. The first-order chi connectivity index (χ1) is 10.7. The van der Waals surface area contributed by atoms with Gasteiger partial charge in [-0.2, -0.15) is 5.10 Å². The van der Waals surface area contributed by atoms with E-state index in [4.69, 9.17) is 4.42 Å². The number of aryl methyl sites for hydroxylation is 1. The van der Waals surface area contributed by atoms with Gasteiger partial charge in [0, 0.05) is 6.54 Å². The van der Waals surface area contributed by atoms with Crippen LogP contribution in [0.4, 0.5) is 5.69 Å². The minimum Gasteiger partial charge on any atom is -0.455 e. The third-order valence-corrected chi connectivity index (χ3v) is 4.11. The number of rotatable bonds is 5. The number of aromatic nitrogens is 2. The molecule has 1 aliphatic heterocycles. The second kappa shape index (κ2) is 6.36. The number of carbonyl (C=O) groups excluding carboxylic acids is 1. The van der Waals surface area contributed by atoms with Gasteiger partial charge in [0.1, 0.15) is 5.76 Å². The van der Waals surface area contributed by atoms with E-state index in [0.717, 1.165) is 43.3 Å². The normalized spacial score (nSPS) is 15.4. The van der Waals surface area contributed by atoms with Gasteiger partial charge >= 0.3 is 0 Å². The van der Waals surface area contributed by atoms with Crippen molar-refractivity contribution >= 4 is 11.6 Å². The van der Waals surface area contributed by atoms with E-state index in [0.29, 0.717) is 5.76 Å². The van der Waals surface area contributed by atoms with E-state index in [2.05, 4.69) is 15.3 Å². The van der Waals surface area contributed by atoms with Crippen molar-refractivity contribution in [2.45, 2.75) is 39.8 Å². The van der Waals surface area contributed by atoms with Crippen molar-refractivity contribution in [1.29, 1.82) is 0 Å². The molecule has 0 atom stereocenters. The van der Waals surface area contributed by atoms with Crippen LogP contribution in [0.15, 0.2) is 22.7 Å². The Morgan fingerprint density at radius 1 is 1.36 bits per heavy atom. The quantitative estimate of drug-likeness (QED) is 0.922. The molecule has 0 aliphatic carbocycles. The summed E-state index contributed by atoms with van der Waals surface area (Å²) < 4.78 is 7.52. The number of hydrogen-bond donors (Lipinski definition) is 1. The van der Waals surface area contributed by atoms with E-state index < -0.39 is 0 Å². The molecule has 1 fully saturated rings. The van der Waals surface area contributed by atoms with E-state index in [9.17, 15) is 4.79 Å². The van der Waals surface area contributed by atoms with Crippen LogP contribution in [0.2, 0.25) is 0 Å². The number of anilines is 1. The summed E-state index contributed by atoms with van der Waals surface area (Å²) in [6, 6.07) is 3.62. The summed E-state index contributed by atoms with van der Waals surface area (Å²) >= 11 is 0. The maximum absolute atomic E-state index is 12.3. The van der Waals surface area contributed by atoms with Crippen LogP contribution in [0.1, 0.15) is 41.8 Å². The van der Waals surface area contributed by atoms with Gasteiger partial charge < -0.3 is 9.73 Å². The third-order valence-electron chi connectivity index (χ3n) is 4.11. The van der Waals surface area contributed by atoms with Gasteiger partial charge in [0.2, 0.25) is 0 Å². The van der Waals surface area contributed by atoms with Crippen molar-refractivity contribution in [2.75, 3.05) is 18.4 Å². The van der Waals surface area contributed by atoms with Crippen LogP contribution in [0.25, 0.3) is 0 Å². The molecular weight excluding hydrogens is 280 g/mol. The Labute approximate surface area is 130 Å². The molecule has 2 aromatic heterocycles. The lowest BCUT2D eigenvalue weighted by atomic mass is 10.3. The maximum atomic E-state index is 12.3. The molecule has 3 rings (SSSR count). The number of carbonyl (C=O) groups is 1. The summed E-state index contributed by atoms with van der Waals surface area (Å²) in [5.74, 6) is 0.956. The second-order valence-corrected chi connectivity index (χ2v) is 5.66. The van der Waals surface area contributed by atoms with Gasteiger partial charge in [-0.15, -0.1) is 0 Å². The molecule has 0 bridgehead atoms. The molecule has 1 aliphatic rings. The number of likely N-dealkylation sites (tertiary alicyclic amines) is 1. The highest BCUT2D eigenvalue weighted by atomic mass is 16.4. The van der Waals surface area contributed by atoms with E-state index in [-0.39, 0.29) is 5.91 Å². The number of nitrogens with zero attached hydrogens (tertiary/aromatic N) is 3. The summed E-state index contributed by atoms with van der Waals surface area (Å²) in [6.07, 6.45) is 4.16. The van der Waals surface area contributed by atoms with Crippen LogP contribution < -0.4 is 5.32 Å². The van der Waals surface area contributed by atoms with Crippen molar-refractivity contribution in [1.82, 2.24) is 14.7 Å². The van der Waals surface area contributed by atoms with Crippen molar-refractivity contribution in [3.8, 4) is 0 Å². The number of furan rings is 1. The molecule has 1 N–H and O–H groups in total. The zero-order chi connectivity index (χ0) is 15.5. The standard InChI is InChI=1S/C16H22N4O2/c1-3-20-12(2)14(10-17-20)18-16(21)15-7-6-13(22-15)11-19-8-4-5-9-19/h6-7,10H,3-5,8-9,11H2,1-2H3,(H,18,21). The molecule has 2 aromatic rings. The highest BCUT2D eigenvalue weighted by molar-refractivity contribution is 6.02. The van der Waals surface area contributed by atoms with Crippen molar-refractivity contribution in [3.63, 3.8) is 0 Å². The largest absolute Gasteiger partial charge is 0.455 e. The molecule has 0 radical (unpaired) electrons. The van der Waals surface area contributed by atoms with Gasteiger partial charge in [-0.25, -0.2) is 0 Å². The Morgan fingerprint density at radius 2 is 2.14 bits per heavy atom. The van der Waals surface area contributed by atoms with Crippen LogP contribution in [-0.2, 0) is 13.1 Å². The maximum Gasteiger partial charge on any atom is 0.291 e. The molecule has 0 spiro atoms. The van der Waals surface area contributed by atoms with E-state index in [1.807, 2.05) is 24.6 Å². The molecule has 1 amide bonds. The predicted octanol–water partition coefficient (Wildman–Crippen LogP) is 2.65. The average Bonchev–Trinajstić information content (AvgIpc) is 3.23. The van der Waals surface area contributed by atoms with Crippen LogP contribution >= 0.6 is 0 Å². The minimum absolute atomic E-state index is 0.230. The lowest BCUT2D eigenvalue weighted by molar-refractivity contribution is 0.0993. The van der Waals surface area contributed by atoms with Crippen molar-refractivity contribution in [2.24, 2.45) is 0 Å². The SMILES string of the molecule is CCn1ncc(NC(=O)c2ccc(CN3CCCC3)o2)c1C. The molecule has 0 unspecified atom stereocenters. The molecule has 22 heavy (non-hydrogen) atoms. The summed E-state index contributed by atoms with van der Waals surface area (Å²) in [6.45, 7) is 7.73. The van der Waals surface area contributed by atoms with Crippen LogP contribution in [0, 0.1) is 6.92 Å². The van der Waals surface area contributed by atoms with Crippen molar-refractivity contribution < 1.29 is 9.21 Å². The van der Waals surface area contributed by atoms with Gasteiger partial charge in [0.25, 0.3) is 5.91 Å². The van der Waals surface area contributed by atoms with Gasteiger partial charge in [0.15, 0.2) is 5.76 Å². The smallest absolute Gasteiger partial charge is 0.291 e. The fraction of sp³-hybridized carbons (Fsp3) is 0.500. The van der Waals surface area contributed by atoms with Crippen molar-refractivity contribution in [3.05, 3.63) is 35.5 Å². The second-order valence-electron chi connectivity index (χ2n) is 5.66. The number of nitrogens with one attached hydrogen (secondary N) is 1. The van der Waals surface area contributed by atoms with Crippen LogP contribution in [0.3, 0.4) is 0 Å². The van der Waals surface area contributed by atoms with E-state index in [1.165, 1.54) is 12.8 Å². The first-order valence-electron chi connectivity index (χ1n) is 7.82. The zero-order valence-electron chi connectivity index (χ0n) is 13.1. The molecule has 1 saturated heterocycles. The van der Waals surface area contributed by atoms with Crippen LogP contribution in [0.5, 0.6) is 0 Å². The van der Waals surface area contributed by atoms with Gasteiger partial charge in [-0.1, -0.05) is 0 Å². The third kappa shape index (κ3) is 3.06. The Hall–Kier alpha value is -2.08. The summed E-state index contributed by atoms with van der Waals surface area (Å²) in [5, 5.41) is 7.08. The van der Waals surface area contributed by atoms with Crippen LogP contribution in [-0.4, -0.2) is 33.7 Å². The molecule has 0 aromatic carbocycles. The Balaban J connectivity index is 1.64. The Morgan fingerprint density at radius 3 is 2.82 bits per heavy atom. The van der Waals surface area contributed by atoms with Gasteiger partial charge in [-0.05, 0) is 51.9 Å². The molecule has 6 heteroatoms. The first kappa shape index (κ1) is 14.8. The lowest BCUT2D eigenvalue weighted by Crippen LogP contribution is -2.18. The van der Waals surface area contributed by atoms with E-state index in [1.54, 1.807) is 12.3 Å². The predicted molar refractivity (Wildman–Crippen MR) is 83.8 cm³/mol. The molecule has 3 heterocycles. The van der Waals surface area contributed by atoms with E-state index >= 15 is 0 Å². The Kier molecular flexibility index (Phi) is 4.29. The first-order valence-corrected chi connectivity index (χ1v) is 7.82. The highest BCUT2D eigenvalue weighted by Gasteiger charge is 2.17. The summed E-state index contributed by atoms with van der Waals surface area (Å²) in [5.41, 5.74) is 1.67. The number of amides is 1. The monoisotopic (exact) mass is 302 g/mol. The molecular formula is C16H22N4O2. The molecule has 0 saturated carbocycles. The summed E-state index contributed by atoms with van der Waals surface area (Å²) in [7, 11) is 0. The molecule has 6 nitrogen and oxygen atoms in total. The van der Waals surface area contributed by atoms with Gasteiger partial charge in [0.05, 0.1) is 24.1 Å². The molecule has 118 valence electrons. The summed E-state index contributed by atoms with van der Waals surface area (Å²) in [4.78, 5) is 14.6. The average molecular weight is 302 g/mol. The fourth-order valence-corrected chi connectivity index (χ4v) is 2.82. The minimum atomic E-state index is -0.230.